The first kappa shape index (κ1) is 45.2. The molecule has 5 heterocycles. The number of hydrogen-bond acceptors (Lipinski definition) is 12. The van der Waals surface area contributed by atoms with E-state index < -0.39 is 30.5 Å². The molecule has 342 valence electrons. The number of nitrogens with zero attached hydrogens (tertiary/aromatic N) is 6. The van der Waals surface area contributed by atoms with Crippen LogP contribution in [0.25, 0.3) is 10.9 Å². The number of fused-ring (bicyclic) bond motifs is 2. The van der Waals surface area contributed by atoms with Gasteiger partial charge in [-0.3, -0.25) is 24.6 Å². The van der Waals surface area contributed by atoms with Gasteiger partial charge in [-0.15, -0.1) is 0 Å². The Kier molecular flexibility index (Phi) is 13.4. The number of imide groups is 1. The highest BCUT2D eigenvalue weighted by atomic mass is 19.3. The predicted octanol–water partition coefficient (Wildman–Crippen LogP) is 5.15. The Labute approximate surface area is 371 Å². The summed E-state index contributed by atoms with van der Waals surface area (Å²) in [7, 11) is 3.21. The molecule has 4 aliphatic heterocycles. The summed E-state index contributed by atoms with van der Waals surface area (Å²) in [5, 5.41) is 15.7. The number of hydrogen-bond donors (Lipinski definition) is 3. The molecule has 3 N–H and O–H groups in total. The van der Waals surface area contributed by atoms with Crippen LogP contribution in [-0.4, -0.2) is 138 Å². The molecule has 0 spiro atoms. The molecule has 14 nitrogen and oxygen atoms in total. The van der Waals surface area contributed by atoms with Crippen LogP contribution in [0, 0.1) is 12.7 Å². The molecule has 3 fully saturated rings. The van der Waals surface area contributed by atoms with Gasteiger partial charge in [-0.2, -0.15) is 8.78 Å². The fourth-order valence-corrected chi connectivity index (χ4v) is 9.71. The lowest BCUT2D eigenvalue weighted by Gasteiger charge is -2.37. The van der Waals surface area contributed by atoms with Crippen molar-refractivity contribution in [2.45, 2.75) is 76.4 Å². The van der Waals surface area contributed by atoms with E-state index in [2.05, 4.69) is 25.3 Å². The van der Waals surface area contributed by atoms with Crippen LogP contribution in [0.15, 0.2) is 42.5 Å². The van der Waals surface area contributed by atoms with E-state index in [1.165, 1.54) is 23.1 Å². The predicted molar refractivity (Wildman–Crippen MR) is 234 cm³/mol. The van der Waals surface area contributed by atoms with E-state index in [0.29, 0.717) is 46.3 Å². The Bertz CT molecular complexity index is 2400. The largest absolute Gasteiger partial charge is 0.493 e. The van der Waals surface area contributed by atoms with Crippen molar-refractivity contribution in [2.75, 3.05) is 85.0 Å². The molecule has 1 unspecified atom stereocenters. The van der Waals surface area contributed by atoms with Crippen LogP contribution in [0.4, 0.5) is 19.0 Å². The first-order valence-electron chi connectivity index (χ1n) is 22.2. The highest BCUT2D eigenvalue weighted by Crippen LogP contribution is 2.41. The Morgan fingerprint density at radius 3 is 2.30 bits per heavy atom. The van der Waals surface area contributed by atoms with Crippen LogP contribution in [0.3, 0.4) is 0 Å². The highest BCUT2D eigenvalue weighted by Gasteiger charge is 2.40. The lowest BCUT2D eigenvalue weighted by molar-refractivity contribution is -0.136. The zero-order chi connectivity index (χ0) is 45.3. The molecule has 4 aromatic rings. The average molecular weight is 887 g/mol. The number of rotatable bonds is 15. The summed E-state index contributed by atoms with van der Waals surface area (Å²) >= 11 is 0. The zero-order valence-electron chi connectivity index (χ0n) is 36.9. The first-order valence-corrected chi connectivity index (χ1v) is 22.2. The number of nitrogens with one attached hydrogen (secondary N) is 2. The normalized spacial score (nSPS) is 19.8. The molecule has 0 radical (unpaired) electrons. The lowest BCUT2D eigenvalue weighted by atomic mass is 9.87. The maximum absolute atomic E-state index is 15.5. The summed E-state index contributed by atoms with van der Waals surface area (Å²) in [6.45, 7) is 10.7. The molecule has 0 saturated carbocycles. The van der Waals surface area contributed by atoms with E-state index >= 15 is 4.39 Å². The van der Waals surface area contributed by atoms with Gasteiger partial charge in [0, 0.05) is 86.9 Å². The molecule has 3 amide bonds. The molecule has 0 aliphatic carbocycles. The third-order valence-electron chi connectivity index (χ3n) is 13.4. The number of aryl methyl sites for hydroxylation is 1. The lowest BCUT2D eigenvalue weighted by Crippen LogP contribution is -2.52. The molecule has 1 aromatic heterocycles. The van der Waals surface area contributed by atoms with Crippen LogP contribution in [0.5, 0.6) is 11.5 Å². The third kappa shape index (κ3) is 9.39. The van der Waals surface area contributed by atoms with E-state index in [9.17, 15) is 28.3 Å². The smallest absolute Gasteiger partial charge is 0.295 e. The molecule has 64 heavy (non-hydrogen) atoms. The van der Waals surface area contributed by atoms with Crippen LogP contribution in [-0.2, 0) is 28.5 Å². The van der Waals surface area contributed by atoms with Crippen molar-refractivity contribution in [3.8, 4) is 11.5 Å². The third-order valence-corrected chi connectivity index (χ3v) is 13.4. The number of anilines is 1. The van der Waals surface area contributed by atoms with Crippen molar-refractivity contribution >= 4 is 34.4 Å². The van der Waals surface area contributed by atoms with Gasteiger partial charge in [0.15, 0.2) is 11.5 Å². The van der Waals surface area contributed by atoms with Crippen molar-refractivity contribution in [3.63, 3.8) is 0 Å². The quantitative estimate of drug-likeness (QED) is 0.136. The van der Waals surface area contributed by atoms with Crippen LogP contribution in [0.1, 0.15) is 88.6 Å². The fraction of sp³-hybridized carbons (Fsp3) is 0.511. The number of carbonyl (C=O) groups excluding carboxylic acids is 3. The van der Waals surface area contributed by atoms with Gasteiger partial charge in [-0.05, 0) is 93.4 Å². The minimum Gasteiger partial charge on any atom is -0.493 e. The van der Waals surface area contributed by atoms with Gasteiger partial charge in [-0.1, -0.05) is 24.3 Å². The van der Waals surface area contributed by atoms with Gasteiger partial charge in [0.2, 0.25) is 11.8 Å². The number of aliphatic hydroxyl groups is 1. The van der Waals surface area contributed by atoms with Gasteiger partial charge in [0.25, 0.3) is 11.8 Å². The van der Waals surface area contributed by atoms with Crippen LogP contribution in [0.2, 0.25) is 0 Å². The zero-order valence-corrected chi connectivity index (χ0v) is 36.9. The second-order valence-electron chi connectivity index (χ2n) is 17.4. The van der Waals surface area contributed by atoms with Gasteiger partial charge in [0.1, 0.15) is 30.1 Å². The Morgan fingerprint density at radius 2 is 1.62 bits per heavy atom. The van der Waals surface area contributed by atoms with Gasteiger partial charge >= 0.3 is 0 Å². The fourth-order valence-electron chi connectivity index (χ4n) is 9.71. The molecule has 8 rings (SSSR count). The van der Waals surface area contributed by atoms with Crippen LogP contribution < -0.4 is 20.1 Å². The minimum atomic E-state index is -3.35. The maximum atomic E-state index is 15.5. The molecule has 3 saturated heterocycles. The number of piperidine rings is 2. The van der Waals surface area contributed by atoms with Gasteiger partial charge in [-0.25, -0.2) is 14.4 Å². The number of benzene rings is 3. The summed E-state index contributed by atoms with van der Waals surface area (Å²) in [6, 6.07) is 9.91. The van der Waals surface area contributed by atoms with Gasteiger partial charge < -0.3 is 34.6 Å². The summed E-state index contributed by atoms with van der Waals surface area (Å²) in [4.78, 5) is 55.7. The standard InChI is InChI=1S/C47H57F3N8O6/c1-28(31-6-5-7-33(22-31)47(49,50)27-59)51-44-37-25-40(63-3)43(64-4)34(42(37)52-29(2)53-44)12-15-56-17-20-57(21-18-56)19-16-55-13-10-30(11-14-55)35-23-32-26-58(46(62)36(32)24-38(35)48)39-8-9-41(60)54-45(39)61/h5-7,22-25,28,30,39,59H,8-21,26-27H2,1-4H3,(H,51,52,53)(H,54,60,61)/t28-,39?/m1/s1. The number of likely N-dealkylation sites (tertiary alicyclic amines) is 1. The number of halogens is 3. The van der Waals surface area contributed by atoms with Gasteiger partial charge in [0.05, 0.1) is 19.7 Å². The second-order valence-corrected chi connectivity index (χ2v) is 17.4. The molecular weight excluding hydrogens is 830 g/mol. The van der Waals surface area contributed by atoms with E-state index in [4.69, 9.17) is 19.4 Å². The second kappa shape index (κ2) is 19.0. The maximum Gasteiger partial charge on any atom is 0.295 e. The minimum absolute atomic E-state index is 0.0472. The van der Waals surface area contributed by atoms with Crippen molar-refractivity contribution in [1.82, 2.24) is 34.9 Å². The van der Waals surface area contributed by atoms with Crippen molar-refractivity contribution < 1.29 is 42.1 Å². The molecule has 2 atom stereocenters. The molecule has 17 heteroatoms. The molecule has 0 bridgehead atoms. The van der Waals surface area contributed by atoms with Crippen molar-refractivity contribution in [3.05, 3.63) is 87.5 Å². The van der Waals surface area contributed by atoms with E-state index in [-0.39, 0.29) is 48.5 Å². The van der Waals surface area contributed by atoms with E-state index in [0.717, 1.165) is 93.8 Å². The topological polar surface area (TPSA) is 153 Å². The van der Waals surface area contributed by atoms with E-state index in [1.54, 1.807) is 26.4 Å². The van der Waals surface area contributed by atoms with Crippen molar-refractivity contribution in [2.24, 2.45) is 0 Å². The Hall–Kier alpha value is -5.36. The number of ether oxygens (including phenoxy) is 2. The highest BCUT2D eigenvalue weighted by molar-refractivity contribution is 6.05. The number of methoxy groups -OCH3 is 2. The summed E-state index contributed by atoms with van der Waals surface area (Å²) in [5.74, 6) is -2.63. The average Bonchev–Trinajstić information content (AvgIpc) is 3.61. The number of aliphatic hydroxyl groups excluding tert-OH is 1. The monoisotopic (exact) mass is 886 g/mol. The van der Waals surface area contributed by atoms with E-state index in [1.807, 2.05) is 26.0 Å². The first-order chi connectivity index (χ1) is 30.8. The SMILES string of the molecule is COc1cc2c(N[C@H](C)c3cccc(C(F)(F)CO)c3)nc(C)nc2c(CCN2CCN(CCN3CCC(c4cc5c(cc4F)C(=O)N(C4CCC(=O)NC4=O)C5)CC3)CC2)c1OC. The Morgan fingerprint density at radius 1 is 0.922 bits per heavy atom. The van der Waals surface area contributed by atoms with Crippen LogP contribution >= 0.6 is 0 Å². The Balaban J connectivity index is 0.843. The molecule has 4 aliphatic rings. The number of piperazine rings is 1. The number of aromatic nitrogens is 2. The summed E-state index contributed by atoms with van der Waals surface area (Å²) in [6.07, 6.45) is 2.73. The molecule has 3 aromatic carbocycles. The molecular formula is C47H57F3N8O6. The summed E-state index contributed by atoms with van der Waals surface area (Å²) < 4.78 is 55.9. The number of alkyl halides is 2. The summed E-state index contributed by atoms with van der Waals surface area (Å²) in [5.41, 5.74) is 3.66. The number of amides is 3. The van der Waals surface area contributed by atoms with Crippen molar-refractivity contribution in [1.29, 1.82) is 0 Å². The number of carbonyl (C=O) groups is 3.